The minimum absolute atomic E-state index is 0.168. The predicted molar refractivity (Wildman–Crippen MR) is 104 cm³/mol. The summed E-state index contributed by atoms with van der Waals surface area (Å²) in [4.78, 5) is 4.39. The Morgan fingerprint density at radius 2 is 1.23 bits per heavy atom. The lowest BCUT2D eigenvalue weighted by molar-refractivity contribution is 0.396. The third-order valence-corrected chi connectivity index (χ3v) is 4.17. The first-order chi connectivity index (χ1) is 11.8. The Bertz CT molecular complexity index is 821. The molecule has 0 saturated heterocycles. The van der Waals surface area contributed by atoms with Gasteiger partial charge in [-0.1, -0.05) is 41.5 Å². The van der Waals surface area contributed by atoms with Crippen LogP contribution in [-0.2, 0) is 10.8 Å². The highest BCUT2D eigenvalue weighted by Gasteiger charge is 2.26. The fourth-order valence-corrected chi connectivity index (χ4v) is 2.71. The number of aromatic hydroxyl groups is 4. The molecular formula is C21H27NO4. The maximum Gasteiger partial charge on any atom is 0.166 e. The van der Waals surface area contributed by atoms with E-state index in [1.807, 2.05) is 41.5 Å². The van der Waals surface area contributed by atoms with Gasteiger partial charge >= 0.3 is 0 Å². The van der Waals surface area contributed by atoms with Crippen molar-refractivity contribution in [2.45, 2.75) is 52.4 Å². The second-order valence-electron chi connectivity index (χ2n) is 8.55. The largest absolute Gasteiger partial charge is 0.508 e. The van der Waals surface area contributed by atoms with E-state index in [2.05, 4.69) is 4.99 Å². The highest BCUT2D eigenvalue weighted by atomic mass is 16.3. The Labute approximate surface area is 154 Å². The smallest absolute Gasteiger partial charge is 0.166 e. The molecule has 0 spiro atoms. The summed E-state index contributed by atoms with van der Waals surface area (Å²) < 4.78 is 0. The first-order valence-corrected chi connectivity index (χ1v) is 8.47. The van der Waals surface area contributed by atoms with Crippen LogP contribution in [0.15, 0.2) is 29.3 Å². The lowest BCUT2D eigenvalue weighted by Crippen LogP contribution is -2.16. The van der Waals surface area contributed by atoms with Gasteiger partial charge in [0.25, 0.3) is 0 Å². The minimum Gasteiger partial charge on any atom is -0.508 e. The van der Waals surface area contributed by atoms with Gasteiger partial charge in [0.2, 0.25) is 0 Å². The highest BCUT2D eigenvalue weighted by molar-refractivity contribution is 5.87. The molecule has 4 N–H and O–H groups in total. The van der Waals surface area contributed by atoms with E-state index in [1.165, 1.54) is 12.3 Å². The van der Waals surface area contributed by atoms with E-state index >= 15 is 0 Å². The summed E-state index contributed by atoms with van der Waals surface area (Å²) in [5.41, 5.74) is 1.81. The molecule has 2 aromatic carbocycles. The van der Waals surface area contributed by atoms with E-state index in [-0.39, 0.29) is 33.6 Å². The van der Waals surface area contributed by atoms with Gasteiger partial charge in [-0.3, -0.25) is 4.99 Å². The number of nitrogens with zero attached hydrogens (tertiary/aromatic N) is 1. The zero-order chi connectivity index (χ0) is 19.9. The zero-order valence-electron chi connectivity index (χ0n) is 16.1. The molecule has 26 heavy (non-hydrogen) atoms. The van der Waals surface area contributed by atoms with E-state index in [0.717, 1.165) is 17.2 Å². The Morgan fingerprint density at radius 1 is 0.731 bits per heavy atom. The van der Waals surface area contributed by atoms with Crippen LogP contribution in [0.25, 0.3) is 0 Å². The molecular weight excluding hydrogens is 330 g/mol. The van der Waals surface area contributed by atoms with Crippen LogP contribution < -0.4 is 0 Å². The first-order valence-electron chi connectivity index (χ1n) is 8.47. The van der Waals surface area contributed by atoms with Gasteiger partial charge in [0.15, 0.2) is 11.5 Å². The van der Waals surface area contributed by atoms with Crippen molar-refractivity contribution in [3.05, 3.63) is 41.0 Å². The number of hydrogen-bond donors (Lipinski definition) is 4. The van der Waals surface area contributed by atoms with Crippen LogP contribution in [0.3, 0.4) is 0 Å². The quantitative estimate of drug-likeness (QED) is 0.351. The Morgan fingerprint density at radius 3 is 1.69 bits per heavy atom. The third-order valence-electron chi connectivity index (χ3n) is 4.17. The number of phenolic OH excluding ortho intramolecular Hbond substituents is 4. The number of rotatable bonds is 2. The van der Waals surface area contributed by atoms with Crippen molar-refractivity contribution in [1.82, 2.24) is 0 Å². The molecule has 2 aromatic rings. The zero-order valence-corrected chi connectivity index (χ0v) is 16.1. The van der Waals surface area contributed by atoms with E-state index < -0.39 is 5.75 Å². The Hall–Kier alpha value is -2.69. The number of benzene rings is 2. The van der Waals surface area contributed by atoms with Crippen LogP contribution in [0.1, 0.15) is 58.2 Å². The van der Waals surface area contributed by atoms with Gasteiger partial charge < -0.3 is 20.4 Å². The molecule has 5 nitrogen and oxygen atoms in total. The minimum atomic E-state index is -0.414. The van der Waals surface area contributed by atoms with Crippen molar-refractivity contribution in [2.75, 3.05) is 0 Å². The van der Waals surface area contributed by atoms with Crippen LogP contribution in [0.4, 0.5) is 5.69 Å². The summed E-state index contributed by atoms with van der Waals surface area (Å²) in [5, 5.41) is 39.8. The van der Waals surface area contributed by atoms with Crippen molar-refractivity contribution in [3.63, 3.8) is 0 Å². The van der Waals surface area contributed by atoms with Crippen molar-refractivity contribution in [1.29, 1.82) is 0 Å². The molecule has 0 amide bonds. The summed E-state index contributed by atoms with van der Waals surface area (Å²) in [6.07, 6.45) is 1.38. The monoisotopic (exact) mass is 357 g/mol. The first kappa shape index (κ1) is 19.6. The van der Waals surface area contributed by atoms with Gasteiger partial charge in [-0.15, -0.1) is 0 Å². The fraction of sp³-hybridized carbons (Fsp3) is 0.381. The predicted octanol–water partition coefficient (Wildman–Crippen LogP) is 4.85. The molecule has 5 heteroatoms. The lowest BCUT2D eigenvalue weighted by atomic mass is 9.79. The van der Waals surface area contributed by atoms with E-state index in [9.17, 15) is 20.4 Å². The topological polar surface area (TPSA) is 93.3 Å². The van der Waals surface area contributed by atoms with Crippen molar-refractivity contribution < 1.29 is 20.4 Å². The normalized spacial score (nSPS) is 12.7. The van der Waals surface area contributed by atoms with Crippen LogP contribution in [0, 0.1) is 0 Å². The number of aliphatic imine (C=N–C) groups is 1. The molecule has 140 valence electrons. The molecule has 0 fully saturated rings. The summed E-state index contributed by atoms with van der Waals surface area (Å²) >= 11 is 0. The van der Waals surface area contributed by atoms with E-state index in [0.29, 0.717) is 5.69 Å². The molecule has 2 rings (SSSR count). The molecule has 0 atom stereocenters. The van der Waals surface area contributed by atoms with Crippen LogP contribution in [0.2, 0.25) is 0 Å². The summed E-state index contributed by atoms with van der Waals surface area (Å²) in [5.74, 6) is -0.666. The maximum absolute atomic E-state index is 10.7. The second kappa shape index (κ2) is 6.56. The highest BCUT2D eigenvalue weighted by Crippen LogP contribution is 2.42. The van der Waals surface area contributed by atoms with E-state index in [4.69, 9.17) is 0 Å². The Kier molecular flexibility index (Phi) is 4.95. The van der Waals surface area contributed by atoms with Crippen molar-refractivity contribution >= 4 is 11.9 Å². The average molecular weight is 357 g/mol. The molecule has 0 unspecified atom stereocenters. The van der Waals surface area contributed by atoms with Crippen LogP contribution >= 0.6 is 0 Å². The second-order valence-corrected chi connectivity index (χ2v) is 8.55. The van der Waals surface area contributed by atoms with Crippen molar-refractivity contribution in [3.8, 4) is 23.0 Å². The van der Waals surface area contributed by atoms with Crippen LogP contribution in [-0.4, -0.2) is 26.6 Å². The molecule has 0 aliphatic heterocycles. The molecule has 0 heterocycles. The summed E-state index contributed by atoms with van der Waals surface area (Å²) in [7, 11) is 0. The van der Waals surface area contributed by atoms with Gasteiger partial charge in [-0.2, -0.15) is 0 Å². The average Bonchev–Trinajstić information content (AvgIpc) is 2.48. The molecule has 0 saturated carbocycles. The maximum atomic E-state index is 10.7. The van der Waals surface area contributed by atoms with Gasteiger partial charge in [0, 0.05) is 29.0 Å². The summed E-state index contributed by atoms with van der Waals surface area (Å²) in [6, 6.07) is 5.98. The number of hydrogen-bond acceptors (Lipinski definition) is 5. The molecule has 0 aliphatic rings. The van der Waals surface area contributed by atoms with Crippen molar-refractivity contribution in [2.24, 2.45) is 4.99 Å². The molecule has 0 radical (unpaired) electrons. The lowest BCUT2D eigenvalue weighted by Gasteiger charge is -2.27. The third kappa shape index (κ3) is 4.10. The molecule has 0 bridgehead atoms. The van der Waals surface area contributed by atoms with Gasteiger partial charge in [-0.05, 0) is 29.0 Å². The Balaban J connectivity index is 2.60. The van der Waals surface area contributed by atoms with E-state index in [1.54, 1.807) is 12.1 Å². The molecule has 0 aliphatic carbocycles. The van der Waals surface area contributed by atoms with Gasteiger partial charge in [-0.25, -0.2) is 0 Å². The van der Waals surface area contributed by atoms with Crippen LogP contribution in [0.5, 0.6) is 23.0 Å². The number of phenols is 4. The van der Waals surface area contributed by atoms with Gasteiger partial charge in [0.05, 0.1) is 5.69 Å². The SMILES string of the molecule is CC(C)(C)c1cc(N=Cc2cc(O)cc(O)c2O)cc(C(C)(C)C)c1O. The summed E-state index contributed by atoms with van der Waals surface area (Å²) in [6.45, 7) is 12.1. The fourth-order valence-electron chi connectivity index (χ4n) is 2.71. The molecule has 0 aromatic heterocycles. The van der Waals surface area contributed by atoms with Gasteiger partial charge in [0.1, 0.15) is 11.5 Å². The standard InChI is InChI=1S/C21H27NO4/c1-20(2,3)15-8-13(9-16(19(15)26)21(4,5)6)22-11-12-7-14(23)10-17(24)18(12)25/h7-11,23-26H,1-6H3.